The molecule has 0 saturated heterocycles. The predicted octanol–water partition coefficient (Wildman–Crippen LogP) is 4.92. The van der Waals surface area contributed by atoms with Crippen molar-refractivity contribution in [3.63, 3.8) is 0 Å². The lowest BCUT2D eigenvalue weighted by atomic mass is 10.1. The van der Waals surface area contributed by atoms with Crippen molar-refractivity contribution in [1.29, 1.82) is 0 Å². The van der Waals surface area contributed by atoms with Crippen molar-refractivity contribution in [3.05, 3.63) is 57.3 Å². The Labute approximate surface area is 164 Å². The molecular formula is C19H18BrN3O2S. The number of hydrogen-bond donors (Lipinski definition) is 0. The number of esters is 1. The van der Waals surface area contributed by atoms with Crippen LogP contribution in [0, 0.1) is 12.8 Å². The van der Waals surface area contributed by atoms with Gasteiger partial charge in [-0.15, -0.1) is 11.3 Å². The smallest absolute Gasteiger partial charge is 0.350 e. The minimum Gasteiger partial charge on any atom is -0.453 e. The van der Waals surface area contributed by atoms with Crippen LogP contribution >= 0.6 is 27.3 Å². The number of aromatic nitrogens is 3. The van der Waals surface area contributed by atoms with Crippen molar-refractivity contribution in [1.82, 2.24) is 14.8 Å². The first-order valence-corrected chi connectivity index (χ1v) is 10.0. The lowest BCUT2D eigenvalue weighted by molar-refractivity contribution is 0.0246. The van der Waals surface area contributed by atoms with Crippen LogP contribution in [-0.4, -0.2) is 20.7 Å². The van der Waals surface area contributed by atoms with E-state index < -0.39 is 0 Å². The molecule has 3 aromatic rings. The highest BCUT2D eigenvalue weighted by atomic mass is 79.9. The average molecular weight is 432 g/mol. The Balaban J connectivity index is 1.57. The normalized spacial score (nSPS) is 15.0. The maximum Gasteiger partial charge on any atom is 0.350 e. The number of ether oxygens (including phenoxy) is 1. The lowest BCUT2D eigenvalue weighted by Gasteiger charge is -2.17. The van der Waals surface area contributed by atoms with Gasteiger partial charge in [0.05, 0.1) is 11.9 Å². The highest BCUT2D eigenvalue weighted by Crippen LogP contribution is 2.44. The number of thiazole rings is 1. The average Bonchev–Trinajstić information content (AvgIpc) is 3.25. The second-order valence-electron chi connectivity index (χ2n) is 6.55. The van der Waals surface area contributed by atoms with E-state index >= 15 is 0 Å². The van der Waals surface area contributed by atoms with E-state index in [1.807, 2.05) is 44.4 Å². The molecule has 0 amide bonds. The van der Waals surface area contributed by atoms with Crippen LogP contribution in [0.2, 0.25) is 0 Å². The van der Waals surface area contributed by atoms with E-state index in [2.05, 4.69) is 26.0 Å². The summed E-state index contributed by atoms with van der Waals surface area (Å²) in [6.07, 6.45) is 5.64. The molecule has 5 nitrogen and oxygen atoms in total. The van der Waals surface area contributed by atoms with E-state index in [0.717, 1.165) is 33.4 Å². The summed E-state index contributed by atoms with van der Waals surface area (Å²) in [7, 11) is 1.86. The van der Waals surface area contributed by atoms with Crippen molar-refractivity contribution in [2.24, 2.45) is 13.0 Å². The van der Waals surface area contributed by atoms with Crippen molar-refractivity contribution < 1.29 is 9.53 Å². The molecule has 0 aliphatic heterocycles. The van der Waals surface area contributed by atoms with E-state index in [4.69, 9.17) is 4.74 Å². The molecule has 2 aromatic heterocycles. The van der Waals surface area contributed by atoms with Crippen LogP contribution in [0.5, 0.6) is 0 Å². The summed E-state index contributed by atoms with van der Waals surface area (Å²) in [5.74, 6) is 0.112. The van der Waals surface area contributed by atoms with Gasteiger partial charge in [0, 0.05) is 29.2 Å². The zero-order chi connectivity index (χ0) is 18.3. The molecule has 0 bridgehead atoms. The van der Waals surface area contributed by atoms with Crippen LogP contribution < -0.4 is 0 Å². The molecule has 7 heteroatoms. The Morgan fingerprint density at radius 1 is 1.35 bits per heavy atom. The topological polar surface area (TPSA) is 57.0 Å². The first kappa shape index (κ1) is 17.4. The molecule has 1 aliphatic carbocycles. The fraction of sp³-hybridized carbons (Fsp3) is 0.316. The molecule has 1 atom stereocenters. The van der Waals surface area contributed by atoms with Crippen LogP contribution in [-0.2, 0) is 11.8 Å². The molecule has 1 fully saturated rings. The standard InChI is InChI=1S/C19H18BrN3O2S/c1-11-17(26-18(22-11)14-9-21-23(2)10-14)19(24)25-16(12-3-4-12)13-5-7-15(20)8-6-13/h5-10,12,16H,3-4H2,1-2H3/t16-/m0/s1. The van der Waals surface area contributed by atoms with Gasteiger partial charge in [0.2, 0.25) is 0 Å². The summed E-state index contributed by atoms with van der Waals surface area (Å²) in [4.78, 5) is 17.9. The Morgan fingerprint density at radius 2 is 2.08 bits per heavy atom. The van der Waals surface area contributed by atoms with Gasteiger partial charge in [-0.25, -0.2) is 9.78 Å². The molecule has 4 rings (SSSR count). The summed E-state index contributed by atoms with van der Waals surface area (Å²) in [6, 6.07) is 8.00. The number of nitrogens with zero attached hydrogens (tertiary/aromatic N) is 3. The Kier molecular flexibility index (Phi) is 4.67. The van der Waals surface area contributed by atoms with Crippen molar-refractivity contribution in [3.8, 4) is 10.6 Å². The molecule has 0 radical (unpaired) electrons. The van der Waals surface area contributed by atoms with Crippen LogP contribution in [0.4, 0.5) is 0 Å². The summed E-state index contributed by atoms with van der Waals surface area (Å²) in [5.41, 5.74) is 2.65. The van der Waals surface area contributed by atoms with E-state index in [0.29, 0.717) is 16.5 Å². The zero-order valence-corrected chi connectivity index (χ0v) is 16.9. The minimum atomic E-state index is -0.296. The number of aryl methyl sites for hydroxylation is 2. The molecule has 0 unspecified atom stereocenters. The highest BCUT2D eigenvalue weighted by molar-refractivity contribution is 9.10. The molecular weight excluding hydrogens is 414 g/mol. The van der Waals surface area contributed by atoms with E-state index in [9.17, 15) is 4.79 Å². The van der Waals surface area contributed by atoms with Gasteiger partial charge in [0.25, 0.3) is 0 Å². The second kappa shape index (κ2) is 6.96. The number of benzene rings is 1. The molecule has 26 heavy (non-hydrogen) atoms. The monoisotopic (exact) mass is 431 g/mol. The first-order chi connectivity index (χ1) is 12.5. The van der Waals surface area contributed by atoms with Crippen LogP contribution in [0.25, 0.3) is 10.6 Å². The minimum absolute atomic E-state index is 0.195. The van der Waals surface area contributed by atoms with Gasteiger partial charge >= 0.3 is 5.97 Å². The summed E-state index contributed by atoms with van der Waals surface area (Å²) >= 11 is 4.81. The van der Waals surface area contributed by atoms with Crippen LogP contribution in [0.3, 0.4) is 0 Å². The molecule has 1 saturated carbocycles. The van der Waals surface area contributed by atoms with Crippen molar-refractivity contribution in [2.75, 3.05) is 0 Å². The number of rotatable bonds is 5. The van der Waals surface area contributed by atoms with E-state index in [1.165, 1.54) is 11.3 Å². The molecule has 1 aromatic carbocycles. The number of carbonyl (C=O) groups excluding carboxylic acids is 1. The Bertz CT molecular complexity index is 944. The lowest BCUT2D eigenvalue weighted by Crippen LogP contribution is -2.13. The third-order valence-corrected chi connectivity index (χ3v) is 6.13. The predicted molar refractivity (Wildman–Crippen MR) is 104 cm³/mol. The summed E-state index contributed by atoms with van der Waals surface area (Å²) < 4.78 is 8.66. The molecule has 134 valence electrons. The molecule has 2 heterocycles. The fourth-order valence-corrected chi connectivity index (χ4v) is 4.09. The van der Waals surface area contributed by atoms with Crippen molar-refractivity contribution in [2.45, 2.75) is 25.9 Å². The van der Waals surface area contributed by atoms with Crippen LogP contribution in [0.15, 0.2) is 41.1 Å². The van der Waals surface area contributed by atoms with Gasteiger partial charge in [0.15, 0.2) is 0 Å². The zero-order valence-electron chi connectivity index (χ0n) is 14.5. The maximum absolute atomic E-state index is 12.8. The molecule has 1 aliphatic rings. The first-order valence-electron chi connectivity index (χ1n) is 8.44. The van der Waals surface area contributed by atoms with Crippen molar-refractivity contribution >= 4 is 33.2 Å². The van der Waals surface area contributed by atoms with Gasteiger partial charge in [-0.05, 0) is 37.5 Å². The van der Waals surface area contributed by atoms with Gasteiger partial charge in [0.1, 0.15) is 16.0 Å². The largest absolute Gasteiger partial charge is 0.453 e. The Morgan fingerprint density at radius 3 is 2.69 bits per heavy atom. The molecule has 0 N–H and O–H groups in total. The number of halogens is 1. The van der Waals surface area contributed by atoms with E-state index in [1.54, 1.807) is 10.9 Å². The quantitative estimate of drug-likeness (QED) is 0.537. The second-order valence-corrected chi connectivity index (χ2v) is 8.47. The van der Waals surface area contributed by atoms with Gasteiger partial charge < -0.3 is 4.74 Å². The number of hydrogen-bond acceptors (Lipinski definition) is 5. The number of carbonyl (C=O) groups is 1. The fourth-order valence-electron chi connectivity index (χ4n) is 2.90. The van der Waals surface area contributed by atoms with E-state index in [-0.39, 0.29) is 12.1 Å². The summed E-state index contributed by atoms with van der Waals surface area (Å²) in [6.45, 7) is 1.85. The third-order valence-electron chi connectivity index (χ3n) is 4.42. The van der Waals surface area contributed by atoms with Gasteiger partial charge in [-0.1, -0.05) is 28.1 Å². The Hall–Kier alpha value is -1.99. The van der Waals surface area contributed by atoms with Gasteiger partial charge in [-0.3, -0.25) is 4.68 Å². The molecule has 0 spiro atoms. The third kappa shape index (κ3) is 3.59. The SMILES string of the molecule is Cc1nc(-c2cnn(C)c2)sc1C(=O)O[C@H](c1ccc(Br)cc1)C1CC1. The van der Waals surface area contributed by atoms with Crippen LogP contribution in [0.1, 0.15) is 39.9 Å². The highest BCUT2D eigenvalue weighted by Gasteiger charge is 2.36. The maximum atomic E-state index is 12.8. The summed E-state index contributed by atoms with van der Waals surface area (Å²) in [5, 5.41) is 4.95. The van der Waals surface area contributed by atoms with Gasteiger partial charge in [-0.2, -0.15) is 5.10 Å².